The van der Waals surface area contributed by atoms with Crippen LogP contribution in [0.5, 0.6) is 0 Å². The molecule has 0 heterocycles. The molecule has 98 valence electrons. The van der Waals surface area contributed by atoms with E-state index >= 15 is 0 Å². The largest absolute Gasteiger partial charge is 0.390 e. The van der Waals surface area contributed by atoms with Crippen molar-refractivity contribution in [2.45, 2.75) is 84.3 Å². The fraction of sp³-hybridized carbons (Fsp3) is 1.00. The van der Waals surface area contributed by atoms with Gasteiger partial charge in [-0.1, -0.05) is 32.6 Å². The molecular weight excluding hydrogens is 200 g/mol. The van der Waals surface area contributed by atoms with Gasteiger partial charge >= 0.3 is 0 Å². The summed E-state index contributed by atoms with van der Waals surface area (Å²) in [6, 6.07) is 0. The molecule has 0 aromatic carbocycles. The summed E-state index contributed by atoms with van der Waals surface area (Å²) in [6.07, 6.45) is 6.29. The fourth-order valence-electron chi connectivity index (χ4n) is 1.91. The highest BCUT2D eigenvalue weighted by molar-refractivity contribution is 4.68. The maximum atomic E-state index is 9.58. The third kappa shape index (κ3) is 12.0. The topological polar surface area (TPSA) is 40.5 Å². The van der Waals surface area contributed by atoms with Gasteiger partial charge in [-0.15, -0.1) is 0 Å². The second-order valence-electron chi connectivity index (χ2n) is 6.51. The van der Waals surface area contributed by atoms with Crippen molar-refractivity contribution in [3.05, 3.63) is 0 Å². The number of hydrogen-bond donors (Lipinski definition) is 2. The lowest BCUT2D eigenvalue weighted by Crippen LogP contribution is -2.19. The Balaban J connectivity index is 3.49. The zero-order chi connectivity index (χ0) is 12.8. The van der Waals surface area contributed by atoms with Crippen LogP contribution in [0.1, 0.15) is 73.1 Å². The number of hydrogen-bond acceptors (Lipinski definition) is 2. The Hall–Kier alpha value is -0.0800. The van der Waals surface area contributed by atoms with Crippen LogP contribution in [0.25, 0.3) is 0 Å². The minimum absolute atomic E-state index is 0.521. The van der Waals surface area contributed by atoms with E-state index < -0.39 is 11.2 Å². The molecule has 0 spiro atoms. The van der Waals surface area contributed by atoms with Crippen molar-refractivity contribution in [2.24, 2.45) is 5.92 Å². The van der Waals surface area contributed by atoms with E-state index in [1.807, 2.05) is 27.7 Å². The monoisotopic (exact) mass is 230 g/mol. The minimum Gasteiger partial charge on any atom is -0.390 e. The molecule has 2 nitrogen and oxygen atoms in total. The van der Waals surface area contributed by atoms with Crippen LogP contribution in [0, 0.1) is 5.92 Å². The molecule has 0 fully saturated rings. The maximum absolute atomic E-state index is 9.58. The molecule has 2 N–H and O–H groups in total. The zero-order valence-electron chi connectivity index (χ0n) is 11.7. The summed E-state index contributed by atoms with van der Waals surface area (Å²) in [6.45, 7) is 9.73. The Morgan fingerprint density at radius 1 is 0.812 bits per heavy atom. The average Bonchev–Trinajstić information content (AvgIpc) is 1.98. The van der Waals surface area contributed by atoms with Crippen molar-refractivity contribution in [2.75, 3.05) is 0 Å². The Bertz CT molecular complexity index is 154. The summed E-state index contributed by atoms with van der Waals surface area (Å²) in [4.78, 5) is 0. The van der Waals surface area contributed by atoms with Crippen LogP contribution in [0.2, 0.25) is 0 Å². The van der Waals surface area contributed by atoms with Gasteiger partial charge in [0.05, 0.1) is 11.2 Å². The molecule has 0 aromatic rings. The van der Waals surface area contributed by atoms with Gasteiger partial charge in [-0.3, -0.25) is 0 Å². The van der Waals surface area contributed by atoms with Gasteiger partial charge in [-0.2, -0.15) is 0 Å². The number of aliphatic hydroxyl groups is 2. The predicted molar refractivity (Wildman–Crippen MR) is 69.5 cm³/mol. The van der Waals surface area contributed by atoms with Gasteiger partial charge < -0.3 is 10.2 Å². The SMILES string of the molecule is CC(CCCC(C)(C)O)CCCC(C)(C)O. The van der Waals surface area contributed by atoms with Gasteiger partial charge in [0.15, 0.2) is 0 Å². The first-order valence-electron chi connectivity index (χ1n) is 6.55. The molecule has 0 unspecified atom stereocenters. The van der Waals surface area contributed by atoms with E-state index in [1.54, 1.807) is 0 Å². The molecule has 0 amide bonds. The third-order valence-electron chi connectivity index (χ3n) is 2.97. The van der Waals surface area contributed by atoms with Crippen molar-refractivity contribution >= 4 is 0 Å². The van der Waals surface area contributed by atoms with Crippen molar-refractivity contribution < 1.29 is 10.2 Å². The quantitative estimate of drug-likeness (QED) is 0.670. The highest BCUT2D eigenvalue weighted by Crippen LogP contribution is 2.21. The number of rotatable bonds is 8. The second kappa shape index (κ2) is 6.61. The van der Waals surface area contributed by atoms with Crippen LogP contribution in [-0.4, -0.2) is 21.4 Å². The van der Waals surface area contributed by atoms with Crippen LogP contribution in [0.4, 0.5) is 0 Å². The lowest BCUT2D eigenvalue weighted by Gasteiger charge is -2.20. The Kier molecular flexibility index (Phi) is 6.57. The first kappa shape index (κ1) is 15.9. The molecule has 0 saturated carbocycles. The van der Waals surface area contributed by atoms with E-state index in [0.717, 1.165) is 25.7 Å². The van der Waals surface area contributed by atoms with E-state index in [1.165, 1.54) is 12.8 Å². The lowest BCUT2D eigenvalue weighted by molar-refractivity contribution is 0.0642. The molecule has 0 saturated heterocycles. The zero-order valence-corrected chi connectivity index (χ0v) is 11.7. The Morgan fingerprint density at radius 2 is 1.12 bits per heavy atom. The van der Waals surface area contributed by atoms with Crippen molar-refractivity contribution in [3.8, 4) is 0 Å². The molecular formula is C14H30O2. The molecule has 0 atom stereocenters. The molecule has 0 aliphatic rings. The second-order valence-corrected chi connectivity index (χ2v) is 6.51. The van der Waals surface area contributed by atoms with Gasteiger partial charge in [0, 0.05) is 0 Å². The molecule has 0 aliphatic carbocycles. The molecule has 2 heteroatoms. The van der Waals surface area contributed by atoms with Crippen molar-refractivity contribution in [1.29, 1.82) is 0 Å². The van der Waals surface area contributed by atoms with Gasteiger partial charge in [-0.25, -0.2) is 0 Å². The normalized spacial score (nSPS) is 13.5. The molecule has 0 bridgehead atoms. The van der Waals surface area contributed by atoms with Crippen molar-refractivity contribution in [1.82, 2.24) is 0 Å². The van der Waals surface area contributed by atoms with Gasteiger partial charge in [0.2, 0.25) is 0 Å². The van der Waals surface area contributed by atoms with E-state index in [4.69, 9.17) is 0 Å². The molecule has 16 heavy (non-hydrogen) atoms. The first-order chi connectivity index (χ1) is 7.10. The summed E-state index contributed by atoms with van der Waals surface area (Å²) >= 11 is 0. The summed E-state index contributed by atoms with van der Waals surface area (Å²) < 4.78 is 0. The summed E-state index contributed by atoms with van der Waals surface area (Å²) in [7, 11) is 0. The standard InChI is InChI=1S/C14H30O2/c1-12(8-6-10-13(2,3)15)9-7-11-14(4,5)16/h12,15-16H,6-11H2,1-5H3. The minimum atomic E-state index is -0.521. The lowest BCUT2D eigenvalue weighted by atomic mass is 9.92. The average molecular weight is 230 g/mol. The van der Waals surface area contributed by atoms with E-state index in [9.17, 15) is 10.2 Å². The molecule has 0 aliphatic heterocycles. The van der Waals surface area contributed by atoms with Crippen LogP contribution >= 0.6 is 0 Å². The van der Waals surface area contributed by atoms with Crippen LogP contribution in [0.3, 0.4) is 0 Å². The highest BCUT2D eigenvalue weighted by Gasteiger charge is 2.14. The Labute approximate surface area is 101 Å². The van der Waals surface area contributed by atoms with Crippen LogP contribution < -0.4 is 0 Å². The smallest absolute Gasteiger partial charge is 0.0591 e. The van der Waals surface area contributed by atoms with E-state index in [2.05, 4.69) is 6.92 Å². The summed E-state index contributed by atoms with van der Waals surface area (Å²) in [5.74, 6) is 0.699. The Morgan fingerprint density at radius 3 is 1.38 bits per heavy atom. The molecule has 0 aromatic heterocycles. The third-order valence-corrected chi connectivity index (χ3v) is 2.97. The predicted octanol–water partition coefficient (Wildman–Crippen LogP) is 3.50. The summed E-state index contributed by atoms with van der Waals surface area (Å²) in [5, 5.41) is 19.2. The van der Waals surface area contributed by atoms with E-state index in [-0.39, 0.29) is 0 Å². The van der Waals surface area contributed by atoms with Crippen LogP contribution in [0.15, 0.2) is 0 Å². The fourth-order valence-corrected chi connectivity index (χ4v) is 1.91. The van der Waals surface area contributed by atoms with Gasteiger partial charge in [0.25, 0.3) is 0 Å². The first-order valence-corrected chi connectivity index (χ1v) is 6.55. The maximum Gasteiger partial charge on any atom is 0.0591 e. The summed E-state index contributed by atoms with van der Waals surface area (Å²) in [5.41, 5.74) is -1.04. The van der Waals surface area contributed by atoms with Gasteiger partial charge in [0.1, 0.15) is 0 Å². The molecule has 0 radical (unpaired) electrons. The van der Waals surface area contributed by atoms with Gasteiger partial charge in [-0.05, 0) is 46.5 Å². The van der Waals surface area contributed by atoms with Crippen LogP contribution in [-0.2, 0) is 0 Å². The highest BCUT2D eigenvalue weighted by atomic mass is 16.3. The molecule has 0 rings (SSSR count). The van der Waals surface area contributed by atoms with Crippen molar-refractivity contribution in [3.63, 3.8) is 0 Å². The van der Waals surface area contributed by atoms with E-state index in [0.29, 0.717) is 5.92 Å².